The molecule has 1 rings (SSSR count). The number of benzene rings is 1. The van der Waals surface area contributed by atoms with Crippen LogP contribution in [0.4, 0.5) is 27.6 Å². The number of hydrogen-bond acceptors (Lipinski definition) is 2. The Labute approximate surface area is 107 Å². The number of alkyl halides is 3. The monoisotopic (exact) mass is 278 g/mol. The molecule has 0 saturated carbocycles. The Kier molecular flexibility index (Phi) is 4.35. The average Bonchev–Trinajstić information content (AvgIpc) is 2.24. The molecular weight excluding hydrogens is 267 g/mol. The Bertz CT molecular complexity index is 479. The molecule has 0 heterocycles. The van der Waals surface area contributed by atoms with Gasteiger partial charge in [0.2, 0.25) is 0 Å². The third kappa shape index (κ3) is 3.81. The van der Waals surface area contributed by atoms with Crippen LogP contribution in [0.15, 0.2) is 12.1 Å². The second-order valence-corrected chi connectivity index (χ2v) is 4.24. The Balaban J connectivity index is 3.28. The van der Waals surface area contributed by atoms with Crippen LogP contribution in [0.3, 0.4) is 0 Å². The largest absolute Gasteiger partial charge is 0.405 e. The molecule has 0 bridgehead atoms. The highest BCUT2D eigenvalue weighted by molar-refractivity contribution is 5.53. The molecule has 1 aromatic rings. The first-order valence-electron chi connectivity index (χ1n) is 5.38. The second-order valence-electron chi connectivity index (χ2n) is 4.24. The SMILES string of the molecule is CC(C)N(CC(F)(F)F)c1c(F)cc(C#N)cc1F. The molecule has 0 spiro atoms. The van der Waals surface area contributed by atoms with E-state index in [0.717, 1.165) is 0 Å². The molecule has 0 saturated heterocycles. The van der Waals surface area contributed by atoms with Crippen LogP contribution in [0.5, 0.6) is 0 Å². The number of nitrogens with zero attached hydrogens (tertiary/aromatic N) is 2. The van der Waals surface area contributed by atoms with Crippen molar-refractivity contribution in [2.45, 2.75) is 26.1 Å². The Morgan fingerprint density at radius 3 is 2.00 bits per heavy atom. The minimum atomic E-state index is -4.59. The van der Waals surface area contributed by atoms with Gasteiger partial charge in [-0.1, -0.05) is 0 Å². The van der Waals surface area contributed by atoms with E-state index >= 15 is 0 Å². The maximum Gasteiger partial charge on any atom is 0.405 e. The molecule has 0 aliphatic rings. The lowest BCUT2D eigenvalue weighted by atomic mass is 10.1. The lowest BCUT2D eigenvalue weighted by Gasteiger charge is -2.30. The van der Waals surface area contributed by atoms with Gasteiger partial charge in [-0.3, -0.25) is 0 Å². The molecule has 0 N–H and O–H groups in total. The van der Waals surface area contributed by atoms with Crippen molar-refractivity contribution in [2.75, 3.05) is 11.4 Å². The first-order valence-corrected chi connectivity index (χ1v) is 5.38. The summed E-state index contributed by atoms with van der Waals surface area (Å²) in [5, 5.41) is 8.53. The third-order valence-corrected chi connectivity index (χ3v) is 2.41. The average molecular weight is 278 g/mol. The topological polar surface area (TPSA) is 27.0 Å². The number of anilines is 1. The minimum absolute atomic E-state index is 0.283. The molecule has 7 heteroatoms. The van der Waals surface area contributed by atoms with E-state index in [4.69, 9.17) is 5.26 Å². The van der Waals surface area contributed by atoms with E-state index in [0.29, 0.717) is 17.0 Å². The van der Waals surface area contributed by atoms with Crippen molar-refractivity contribution >= 4 is 5.69 Å². The van der Waals surface area contributed by atoms with Gasteiger partial charge in [-0.05, 0) is 26.0 Å². The van der Waals surface area contributed by atoms with E-state index in [1.807, 2.05) is 0 Å². The number of halogens is 5. The first-order chi connectivity index (χ1) is 8.65. The highest BCUT2D eigenvalue weighted by atomic mass is 19.4. The Hall–Kier alpha value is -1.84. The summed E-state index contributed by atoms with van der Waals surface area (Å²) in [7, 11) is 0. The van der Waals surface area contributed by atoms with Gasteiger partial charge < -0.3 is 4.90 Å². The lowest BCUT2D eigenvalue weighted by molar-refractivity contribution is -0.120. The van der Waals surface area contributed by atoms with E-state index in [1.165, 1.54) is 19.9 Å². The standard InChI is InChI=1S/C12H11F5N2/c1-7(2)19(6-12(15,16)17)11-9(13)3-8(5-18)4-10(11)14/h3-4,7H,6H2,1-2H3. The van der Waals surface area contributed by atoms with E-state index in [1.54, 1.807) is 0 Å². The fraction of sp³-hybridized carbons (Fsp3) is 0.417. The predicted molar refractivity (Wildman–Crippen MR) is 59.6 cm³/mol. The van der Waals surface area contributed by atoms with Crippen molar-refractivity contribution in [3.8, 4) is 6.07 Å². The molecule has 1 aromatic carbocycles. The van der Waals surface area contributed by atoms with E-state index in [9.17, 15) is 22.0 Å². The maximum atomic E-state index is 13.7. The van der Waals surface area contributed by atoms with Gasteiger partial charge in [0.15, 0.2) is 11.6 Å². The van der Waals surface area contributed by atoms with Gasteiger partial charge in [0, 0.05) is 6.04 Å². The normalized spacial score (nSPS) is 11.5. The van der Waals surface area contributed by atoms with Gasteiger partial charge in [0.1, 0.15) is 12.2 Å². The fourth-order valence-corrected chi connectivity index (χ4v) is 1.62. The molecular formula is C12H11F5N2. The van der Waals surface area contributed by atoms with Gasteiger partial charge in [-0.15, -0.1) is 0 Å². The maximum absolute atomic E-state index is 13.7. The third-order valence-electron chi connectivity index (χ3n) is 2.41. The van der Waals surface area contributed by atoms with Crippen molar-refractivity contribution in [1.82, 2.24) is 0 Å². The summed E-state index contributed by atoms with van der Waals surface area (Å²) < 4.78 is 64.6. The molecule has 0 amide bonds. The summed E-state index contributed by atoms with van der Waals surface area (Å²) in [6.45, 7) is 1.32. The summed E-state index contributed by atoms with van der Waals surface area (Å²) in [6.07, 6.45) is -4.59. The van der Waals surface area contributed by atoms with Gasteiger partial charge in [-0.25, -0.2) is 8.78 Å². The quantitative estimate of drug-likeness (QED) is 0.790. The smallest absolute Gasteiger partial charge is 0.355 e. The zero-order valence-electron chi connectivity index (χ0n) is 10.2. The van der Waals surface area contributed by atoms with Crippen LogP contribution in [0, 0.1) is 23.0 Å². The van der Waals surface area contributed by atoms with E-state index in [2.05, 4.69) is 0 Å². The number of rotatable bonds is 3. The molecule has 19 heavy (non-hydrogen) atoms. The second kappa shape index (κ2) is 5.43. The number of nitriles is 1. The molecule has 0 radical (unpaired) electrons. The van der Waals surface area contributed by atoms with Crippen molar-refractivity contribution < 1.29 is 22.0 Å². The van der Waals surface area contributed by atoms with Crippen LogP contribution in [0.25, 0.3) is 0 Å². The van der Waals surface area contributed by atoms with Gasteiger partial charge in [0.05, 0.1) is 11.6 Å². The van der Waals surface area contributed by atoms with Crippen molar-refractivity contribution in [3.05, 3.63) is 29.3 Å². The molecule has 0 fully saturated rings. The van der Waals surface area contributed by atoms with Gasteiger partial charge >= 0.3 is 6.18 Å². The summed E-state index contributed by atoms with van der Waals surface area (Å²) in [6, 6.07) is 2.21. The van der Waals surface area contributed by atoms with Crippen LogP contribution in [0.2, 0.25) is 0 Å². The summed E-state index contributed by atoms with van der Waals surface area (Å²) >= 11 is 0. The predicted octanol–water partition coefficient (Wildman–Crippen LogP) is 3.61. The molecule has 0 atom stereocenters. The highest BCUT2D eigenvalue weighted by Crippen LogP contribution is 2.29. The van der Waals surface area contributed by atoms with Crippen LogP contribution in [0.1, 0.15) is 19.4 Å². The van der Waals surface area contributed by atoms with Crippen LogP contribution >= 0.6 is 0 Å². The van der Waals surface area contributed by atoms with Crippen LogP contribution < -0.4 is 4.90 Å². The van der Waals surface area contributed by atoms with Crippen LogP contribution in [-0.2, 0) is 0 Å². The molecule has 0 aliphatic heterocycles. The molecule has 0 unspecified atom stereocenters. The van der Waals surface area contributed by atoms with Gasteiger partial charge in [-0.2, -0.15) is 18.4 Å². The van der Waals surface area contributed by atoms with E-state index in [-0.39, 0.29) is 5.56 Å². The summed E-state index contributed by atoms with van der Waals surface area (Å²) in [5.74, 6) is -2.37. The first kappa shape index (κ1) is 15.2. The molecule has 2 nitrogen and oxygen atoms in total. The summed E-state index contributed by atoms with van der Waals surface area (Å²) in [4.78, 5) is 0.575. The Morgan fingerprint density at radius 2 is 1.68 bits per heavy atom. The summed E-state index contributed by atoms with van der Waals surface area (Å²) in [5.41, 5.74) is -1.05. The van der Waals surface area contributed by atoms with Gasteiger partial charge in [0.25, 0.3) is 0 Å². The van der Waals surface area contributed by atoms with E-state index < -0.39 is 36.1 Å². The zero-order valence-corrected chi connectivity index (χ0v) is 10.2. The molecule has 0 aromatic heterocycles. The molecule has 0 aliphatic carbocycles. The number of hydrogen-bond donors (Lipinski definition) is 0. The fourth-order valence-electron chi connectivity index (χ4n) is 1.62. The van der Waals surface area contributed by atoms with Crippen molar-refractivity contribution in [2.24, 2.45) is 0 Å². The Morgan fingerprint density at radius 1 is 1.21 bits per heavy atom. The minimum Gasteiger partial charge on any atom is -0.355 e. The van der Waals surface area contributed by atoms with Crippen LogP contribution in [-0.4, -0.2) is 18.8 Å². The van der Waals surface area contributed by atoms with Crippen molar-refractivity contribution in [3.63, 3.8) is 0 Å². The lowest BCUT2D eigenvalue weighted by Crippen LogP contribution is -2.40. The molecule has 104 valence electrons. The van der Waals surface area contributed by atoms with Crippen molar-refractivity contribution in [1.29, 1.82) is 5.26 Å². The highest BCUT2D eigenvalue weighted by Gasteiger charge is 2.34. The zero-order chi connectivity index (χ0) is 14.8.